The number of benzene rings is 2. The maximum Gasteiger partial charge on any atom is 0.349 e. The molecule has 2 aromatic carbocycles. The summed E-state index contributed by atoms with van der Waals surface area (Å²) in [5.41, 5.74) is -1.98. The predicted octanol–water partition coefficient (Wildman–Crippen LogP) is 3.93. The summed E-state index contributed by atoms with van der Waals surface area (Å²) in [5, 5.41) is 13.9. The highest BCUT2D eigenvalue weighted by atomic mass is 32.2. The fourth-order valence-corrected chi connectivity index (χ4v) is 5.66. The summed E-state index contributed by atoms with van der Waals surface area (Å²) >= 11 is 0. The number of carbonyl (C=O) groups is 1. The molecule has 1 aliphatic carbocycles. The van der Waals surface area contributed by atoms with Crippen molar-refractivity contribution in [2.75, 3.05) is 11.9 Å². The number of amidine groups is 1. The fourth-order valence-electron chi connectivity index (χ4n) is 4.52. The van der Waals surface area contributed by atoms with Crippen LogP contribution in [-0.2, 0) is 26.1 Å². The summed E-state index contributed by atoms with van der Waals surface area (Å²) in [6.45, 7) is 5.13. The average Bonchev–Trinajstić information content (AvgIpc) is 3.69. The van der Waals surface area contributed by atoms with Gasteiger partial charge in [-0.2, -0.15) is 8.42 Å². The van der Waals surface area contributed by atoms with Crippen molar-refractivity contribution < 1.29 is 32.2 Å². The van der Waals surface area contributed by atoms with Gasteiger partial charge in [-0.05, 0) is 63.4 Å². The Hall–Kier alpha value is -3.93. The summed E-state index contributed by atoms with van der Waals surface area (Å²) < 4.78 is 56.5. The normalized spacial score (nSPS) is 16.3. The lowest BCUT2D eigenvalue weighted by molar-refractivity contribution is -0.158. The number of ether oxygens (including phenoxy) is 2. The molecule has 5 rings (SSSR count). The topological polar surface area (TPSA) is 136 Å². The number of rotatable bonds is 8. The Balaban J connectivity index is 1.57. The number of hydrogen-bond acceptors (Lipinski definition) is 8. The molecule has 0 spiro atoms. The van der Waals surface area contributed by atoms with Crippen molar-refractivity contribution in [2.24, 2.45) is 10.3 Å². The van der Waals surface area contributed by atoms with Crippen molar-refractivity contribution in [3.63, 3.8) is 0 Å². The minimum atomic E-state index is -4.38. The summed E-state index contributed by atoms with van der Waals surface area (Å²) in [4.78, 5) is 25.6. The van der Waals surface area contributed by atoms with Gasteiger partial charge in [0.2, 0.25) is 0 Å². The molecule has 2 N–H and O–H groups in total. The van der Waals surface area contributed by atoms with Crippen LogP contribution in [0.25, 0.3) is 10.9 Å². The first-order valence-corrected chi connectivity index (χ1v) is 14.0. The van der Waals surface area contributed by atoms with Gasteiger partial charge in [0.25, 0.3) is 15.6 Å². The Bertz CT molecular complexity index is 1690. The number of esters is 1. The Morgan fingerprint density at radius 1 is 1.23 bits per heavy atom. The molecule has 0 radical (unpaired) electrons. The van der Waals surface area contributed by atoms with Gasteiger partial charge in [-0.3, -0.25) is 4.79 Å². The molecule has 1 aromatic heterocycles. The monoisotopic (exact) mass is 557 g/mol. The molecule has 2 aliphatic rings. The number of pyridine rings is 1. The van der Waals surface area contributed by atoms with E-state index < -0.39 is 38.7 Å². The van der Waals surface area contributed by atoms with Crippen LogP contribution in [0, 0.1) is 11.7 Å². The van der Waals surface area contributed by atoms with E-state index in [9.17, 15) is 27.5 Å². The van der Waals surface area contributed by atoms with Gasteiger partial charge in [-0.1, -0.05) is 12.8 Å². The van der Waals surface area contributed by atoms with Crippen molar-refractivity contribution >= 4 is 38.4 Å². The lowest BCUT2D eigenvalue weighted by Crippen LogP contribution is -2.39. The summed E-state index contributed by atoms with van der Waals surface area (Å²) in [7, 11) is -4.38. The van der Waals surface area contributed by atoms with Crippen LogP contribution < -0.4 is 15.6 Å². The van der Waals surface area contributed by atoms with E-state index in [2.05, 4.69) is 9.71 Å². The second-order valence-electron chi connectivity index (χ2n) is 10.1. The van der Waals surface area contributed by atoms with E-state index in [0.717, 1.165) is 25.3 Å². The van der Waals surface area contributed by atoms with Crippen LogP contribution in [0.1, 0.15) is 45.6 Å². The average molecular weight is 558 g/mol. The van der Waals surface area contributed by atoms with Crippen molar-refractivity contribution in [3.05, 3.63) is 58.1 Å². The first-order valence-electron chi connectivity index (χ1n) is 12.6. The van der Waals surface area contributed by atoms with Gasteiger partial charge in [0.1, 0.15) is 27.8 Å². The number of nitrogens with zero attached hydrogens (tertiary/aromatic N) is 2. The number of aromatic hydroxyl groups is 1. The zero-order chi connectivity index (χ0) is 28.1. The number of anilines is 1. The zero-order valence-corrected chi connectivity index (χ0v) is 22.5. The molecule has 39 heavy (non-hydrogen) atoms. The van der Waals surface area contributed by atoms with E-state index >= 15 is 0 Å². The molecular formula is C27H28FN3O7S. The molecule has 0 amide bonds. The van der Waals surface area contributed by atoms with Crippen LogP contribution in [-0.4, -0.2) is 42.1 Å². The van der Waals surface area contributed by atoms with Gasteiger partial charge in [0.15, 0.2) is 11.4 Å². The highest BCUT2D eigenvalue weighted by Gasteiger charge is 2.34. The van der Waals surface area contributed by atoms with E-state index in [0.29, 0.717) is 18.0 Å². The molecule has 0 bridgehead atoms. The maximum absolute atomic E-state index is 14.1. The first kappa shape index (κ1) is 26.7. The minimum Gasteiger partial charge on any atom is -0.506 e. The van der Waals surface area contributed by atoms with E-state index in [1.165, 1.54) is 48.7 Å². The van der Waals surface area contributed by atoms with Gasteiger partial charge in [-0.25, -0.2) is 9.18 Å². The van der Waals surface area contributed by atoms with Crippen LogP contribution in [0.4, 0.5) is 10.1 Å². The van der Waals surface area contributed by atoms with Crippen molar-refractivity contribution in [1.82, 2.24) is 4.57 Å². The van der Waals surface area contributed by atoms with Gasteiger partial charge < -0.3 is 24.5 Å². The molecule has 1 aliphatic heterocycles. The highest BCUT2D eigenvalue weighted by molar-refractivity contribution is 7.90. The number of nitrogens with one attached hydrogen (secondary N) is 1. The van der Waals surface area contributed by atoms with Crippen LogP contribution in [0.2, 0.25) is 0 Å². The quantitative estimate of drug-likeness (QED) is 0.398. The van der Waals surface area contributed by atoms with Gasteiger partial charge in [-0.15, -0.1) is 4.40 Å². The van der Waals surface area contributed by atoms with Crippen LogP contribution in [0.3, 0.4) is 0 Å². The number of hydrogen-bond donors (Lipinski definition) is 2. The Kier molecular flexibility index (Phi) is 6.61. The van der Waals surface area contributed by atoms with E-state index in [1.807, 2.05) is 0 Å². The SMILES string of the molecule is CCOC(=O)C(C)(C)Oc1ccc2c(c1)S(=O)(=O)N=C(c1c(O)c3cc(F)ccc3n(CCC3CC3)c1=O)N2. The largest absolute Gasteiger partial charge is 0.506 e. The molecule has 0 saturated heterocycles. The molecule has 0 atom stereocenters. The lowest BCUT2D eigenvalue weighted by Gasteiger charge is -2.25. The summed E-state index contributed by atoms with van der Waals surface area (Å²) in [6.07, 6.45) is 2.86. The number of sulfonamides is 1. The standard InChI is InChI=1S/C27H28FN3O7S/c1-4-37-26(34)27(2,3)38-17-8-9-19-21(14-17)39(35,36)30-24(29-19)22-23(32)18-13-16(28)7-10-20(18)31(25(22)33)12-11-15-5-6-15/h7-10,13-15,32H,4-6,11-12H2,1-3H3,(H,29,30). The highest BCUT2D eigenvalue weighted by Crippen LogP contribution is 2.36. The Morgan fingerprint density at radius 2 is 1.97 bits per heavy atom. The first-order chi connectivity index (χ1) is 18.4. The number of aromatic nitrogens is 1. The van der Waals surface area contributed by atoms with Gasteiger partial charge in [0.05, 0.1) is 17.8 Å². The van der Waals surface area contributed by atoms with Crippen LogP contribution >= 0.6 is 0 Å². The van der Waals surface area contributed by atoms with E-state index in [1.54, 1.807) is 6.92 Å². The number of halogens is 1. The Labute approximate surface area is 224 Å². The second-order valence-corrected chi connectivity index (χ2v) is 11.7. The Morgan fingerprint density at radius 3 is 2.67 bits per heavy atom. The summed E-state index contributed by atoms with van der Waals surface area (Å²) in [6, 6.07) is 7.79. The van der Waals surface area contributed by atoms with Crippen LogP contribution in [0.5, 0.6) is 11.5 Å². The third-order valence-electron chi connectivity index (χ3n) is 6.73. The third-order valence-corrected chi connectivity index (χ3v) is 8.05. The number of carbonyl (C=O) groups excluding carboxylic acids is 1. The van der Waals surface area contributed by atoms with E-state index in [4.69, 9.17) is 9.47 Å². The lowest BCUT2D eigenvalue weighted by atomic mass is 10.1. The second kappa shape index (κ2) is 9.67. The molecule has 12 heteroatoms. The van der Waals surface area contributed by atoms with Crippen molar-refractivity contribution in [2.45, 2.75) is 57.1 Å². The molecule has 2 heterocycles. The smallest absolute Gasteiger partial charge is 0.349 e. The van der Waals surface area contributed by atoms with E-state index in [-0.39, 0.29) is 39.7 Å². The van der Waals surface area contributed by atoms with Crippen molar-refractivity contribution in [1.29, 1.82) is 0 Å². The van der Waals surface area contributed by atoms with Gasteiger partial charge in [0, 0.05) is 18.0 Å². The minimum absolute atomic E-state index is 0.0676. The van der Waals surface area contributed by atoms with Gasteiger partial charge >= 0.3 is 5.97 Å². The number of fused-ring (bicyclic) bond motifs is 2. The number of aryl methyl sites for hydroxylation is 1. The molecule has 1 fully saturated rings. The molecule has 0 unspecified atom stereocenters. The molecule has 3 aromatic rings. The predicted molar refractivity (Wildman–Crippen MR) is 142 cm³/mol. The maximum atomic E-state index is 14.1. The summed E-state index contributed by atoms with van der Waals surface area (Å²) in [5.74, 6) is -1.61. The van der Waals surface area contributed by atoms with Crippen molar-refractivity contribution in [3.8, 4) is 11.5 Å². The molecule has 10 nitrogen and oxygen atoms in total. The molecule has 206 valence electrons. The fraction of sp³-hybridized carbons (Fsp3) is 0.370. The van der Waals surface area contributed by atoms with Crippen LogP contribution in [0.15, 0.2) is 50.5 Å². The molecule has 1 saturated carbocycles. The molecular weight excluding hydrogens is 529 g/mol. The zero-order valence-electron chi connectivity index (χ0n) is 21.7. The third kappa shape index (κ3) is 5.08.